The number of likely N-dealkylation sites (tertiary alicyclic amines) is 3. The smallest absolute Gasteiger partial charge is 0.253 e. The lowest BCUT2D eigenvalue weighted by Gasteiger charge is -2.54. The van der Waals surface area contributed by atoms with Crippen molar-refractivity contribution in [2.45, 2.75) is 38.9 Å². The number of benzene rings is 3. The highest BCUT2D eigenvalue weighted by Gasteiger charge is 2.59. The van der Waals surface area contributed by atoms with Crippen LogP contribution < -0.4 is 30.7 Å². The summed E-state index contributed by atoms with van der Waals surface area (Å²) in [5.41, 5.74) is 7.91. The van der Waals surface area contributed by atoms with Crippen LogP contribution in [-0.2, 0) is 43.7 Å². The van der Waals surface area contributed by atoms with Crippen LogP contribution in [0, 0.1) is 33.7 Å². The maximum atomic E-state index is 13.8. The van der Waals surface area contributed by atoms with Gasteiger partial charge in [0.05, 0.1) is 198 Å². The molecule has 3 N–H and O–H groups in total. The minimum Gasteiger partial charge on any atom is -0.378 e. The SMILES string of the molecule is CC(Nc1cncc(F)c1)c1cc(C(=O)N2CC3(C2)CS(=O)(=O)C3)cc2ncc(N3CCOCC3)nc12.CC(Nc1cncc(F)c1)c1cc(C(=O)N2CC3(C2)CS(=O)(=O)C3)cc2ncc(N3CCOCC3)nc12.CC(Nc1cncc(F)c1)c1cc(C(=O)N2CC3(C2)CS(=O)(=O)C3)cc2ncc(N3CCOCC3)nc12. The van der Waals surface area contributed by atoms with Crippen LogP contribution in [0.3, 0.4) is 0 Å². The van der Waals surface area contributed by atoms with E-state index in [-0.39, 0.29) is 86.6 Å². The van der Waals surface area contributed by atoms with Crippen molar-refractivity contribution < 1.29 is 67.0 Å². The third kappa shape index (κ3) is 16.0. The fourth-order valence-corrected chi connectivity index (χ4v) is 23.0. The van der Waals surface area contributed by atoms with Gasteiger partial charge in [0, 0.05) is 146 Å². The van der Waals surface area contributed by atoms with Crippen LogP contribution in [0.4, 0.5) is 47.7 Å². The van der Waals surface area contributed by atoms with Crippen LogP contribution in [0.5, 0.6) is 0 Å². The van der Waals surface area contributed by atoms with Crippen LogP contribution in [-0.4, -0.2) is 255 Å². The molecule has 3 spiro atoms. The highest BCUT2D eigenvalue weighted by molar-refractivity contribution is 7.93. The number of nitrogens with zero attached hydrogens (tertiary/aromatic N) is 15. The van der Waals surface area contributed by atoms with Gasteiger partial charge >= 0.3 is 0 Å². The number of aromatic nitrogens is 9. The summed E-state index contributed by atoms with van der Waals surface area (Å²) in [6.07, 6.45) is 13.1. The molecule has 6 aromatic heterocycles. The average molecular weight is 1580 g/mol. The molecule has 582 valence electrons. The Labute approximate surface area is 637 Å². The van der Waals surface area contributed by atoms with E-state index in [1.54, 1.807) is 69.7 Å². The first-order valence-electron chi connectivity index (χ1n) is 36.6. The van der Waals surface area contributed by atoms with Crippen LogP contribution >= 0.6 is 0 Å². The maximum absolute atomic E-state index is 13.8. The minimum atomic E-state index is -2.96. The van der Waals surface area contributed by atoms with Crippen LogP contribution in [0.2, 0.25) is 0 Å². The van der Waals surface area contributed by atoms with Crippen LogP contribution in [0.1, 0.15) is 86.7 Å². The predicted octanol–water partition coefficient (Wildman–Crippen LogP) is 6.13. The zero-order chi connectivity index (χ0) is 77.4. The Morgan fingerprint density at radius 1 is 0.378 bits per heavy atom. The molecule has 30 nitrogen and oxygen atoms in total. The van der Waals surface area contributed by atoms with Crippen molar-refractivity contribution in [1.82, 2.24) is 59.6 Å². The number of sulfone groups is 3. The number of ether oxygens (including phenoxy) is 3. The Balaban J connectivity index is 0.000000126. The fraction of sp³-hybridized carbons (Fsp3) is 0.440. The molecule has 9 saturated heterocycles. The van der Waals surface area contributed by atoms with Gasteiger partial charge in [0.25, 0.3) is 17.7 Å². The van der Waals surface area contributed by atoms with Crippen molar-refractivity contribution in [2.75, 3.05) is 183 Å². The summed E-state index contributed by atoms with van der Waals surface area (Å²) in [6.45, 7) is 16.3. The summed E-state index contributed by atoms with van der Waals surface area (Å²) in [5.74, 6) is 1.18. The van der Waals surface area contributed by atoms with E-state index in [2.05, 4.69) is 60.6 Å². The first-order chi connectivity index (χ1) is 53.1. The quantitative estimate of drug-likeness (QED) is 0.104. The van der Waals surface area contributed by atoms with Gasteiger partial charge in [-0.1, -0.05) is 0 Å². The lowest BCUT2D eigenvalue weighted by Crippen LogP contribution is -2.69. The molecule has 18 rings (SSSR count). The first-order valence-corrected chi connectivity index (χ1v) is 42.1. The van der Waals surface area contributed by atoms with E-state index in [0.29, 0.717) is 185 Å². The Morgan fingerprint density at radius 2 is 0.631 bits per heavy atom. The Bertz CT molecular complexity index is 4960. The number of carbonyl (C=O) groups excluding carboxylic acids is 3. The fourth-order valence-electron chi connectivity index (χ4n) is 16.5. The number of fused-ring (bicyclic) bond motifs is 3. The summed E-state index contributed by atoms with van der Waals surface area (Å²) >= 11 is 0. The van der Waals surface area contributed by atoms with E-state index in [4.69, 9.17) is 29.2 Å². The molecule has 3 aromatic carbocycles. The minimum absolute atomic E-state index is 0.144. The normalized spacial score (nSPS) is 20.8. The van der Waals surface area contributed by atoms with E-state index < -0.39 is 47.0 Å². The van der Waals surface area contributed by atoms with Gasteiger partial charge in [-0.15, -0.1) is 0 Å². The Kier molecular flexibility index (Phi) is 19.9. The molecule has 0 bridgehead atoms. The second-order valence-electron chi connectivity index (χ2n) is 30.6. The zero-order valence-corrected chi connectivity index (χ0v) is 63.5. The van der Waals surface area contributed by atoms with Gasteiger partial charge in [-0.05, 0) is 57.2 Å². The van der Waals surface area contributed by atoms with Gasteiger partial charge in [-0.2, -0.15) is 0 Å². The number of carbonyl (C=O) groups is 3. The molecule has 0 saturated carbocycles. The zero-order valence-electron chi connectivity index (χ0n) is 61.1. The van der Waals surface area contributed by atoms with E-state index in [1.807, 2.05) is 20.8 Å². The number of rotatable bonds is 15. The number of amides is 3. The van der Waals surface area contributed by atoms with Crippen molar-refractivity contribution in [1.29, 1.82) is 0 Å². The average Bonchev–Trinajstić information content (AvgIpc) is 0.728. The van der Waals surface area contributed by atoms with E-state index in [1.165, 1.54) is 36.8 Å². The molecule has 3 unspecified atom stereocenters. The standard InChI is InChI=1S/3C25H27FN6O4S/c3*1-16(29-19-8-18(26)9-27-10-19)20-6-17(24(33)32-12-25(13-32)14-37(34,35)15-25)7-21-23(20)30-22(11-28-21)31-2-4-36-5-3-31/h3*6-11,16,29H,2-5,12-15H2,1H3. The van der Waals surface area contributed by atoms with Gasteiger partial charge < -0.3 is 59.6 Å². The van der Waals surface area contributed by atoms with Crippen LogP contribution in [0.15, 0.2) is 110 Å². The molecule has 9 aliphatic heterocycles. The lowest BCUT2D eigenvalue weighted by molar-refractivity contribution is 0.0200. The van der Waals surface area contributed by atoms with Gasteiger partial charge in [-0.3, -0.25) is 44.3 Å². The van der Waals surface area contributed by atoms with Gasteiger partial charge in [0.2, 0.25) is 0 Å². The second-order valence-corrected chi connectivity index (χ2v) is 36.8. The van der Waals surface area contributed by atoms with Crippen molar-refractivity contribution in [3.63, 3.8) is 0 Å². The van der Waals surface area contributed by atoms with Crippen molar-refractivity contribution in [3.8, 4) is 0 Å². The molecule has 36 heteroatoms. The third-order valence-electron chi connectivity index (χ3n) is 21.6. The number of pyridine rings is 3. The summed E-state index contributed by atoms with van der Waals surface area (Å²) in [7, 11) is -8.89. The number of halogens is 3. The topological polar surface area (TPSA) is 353 Å². The summed E-state index contributed by atoms with van der Waals surface area (Å²) < 4.78 is 128. The molecular formula is C75H81F3N18O12S3. The lowest BCUT2D eigenvalue weighted by atomic mass is 9.82. The molecule has 9 fully saturated rings. The molecule has 15 heterocycles. The van der Waals surface area contributed by atoms with E-state index in [9.17, 15) is 52.8 Å². The highest BCUT2D eigenvalue weighted by Crippen LogP contribution is 2.46. The number of anilines is 6. The van der Waals surface area contributed by atoms with Crippen molar-refractivity contribution >= 4 is 115 Å². The number of hydrogen-bond acceptors (Lipinski definition) is 27. The van der Waals surface area contributed by atoms with Gasteiger partial charge in [0.1, 0.15) is 34.9 Å². The van der Waals surface area contributed by atoms with Crippen molar-refractivity contribution in [2.24, 2.45) is 16.2 Å². The molecule has 3 amide bonds. The highest BCUT2D eigenvalue weighted by atomic mass is 32.2. The van der Waals surface area contributed by atoms with E-state index >= 15 is 0 Å². The predicted molar refractivity (Wildman–Crippen MR) is 407 cm³/mol. The molecule has 9 aromatic rings. The molecular weight excluding hydrogens is 1500 g/mol. The monoisotopic (exact) mass is 1580 g/mol. The van der Waals surface area contributed by atoms with Gasteiger partial charge in [0.15, 0.2) is 29.5 Å². The molecule has 0 radical (unpaired) electrons. The molecule has 0 aliphatic carbocycles. The summed E-state index contributed by atoms with van der Waals surface area (Å²) in [6, 6.07) is 13.7. The second kappa shape index (κ2) is 29.5. The maximum Gasteiger partial charge on any atom is 0.253 e. The largest absolute Gasteiger partial charge is 0.378 e. The number of nitrogens with one attached hydrogen (secondary N) is 3. The van der Waals surface area contributed by atoms with Crippen LogP contribution in [0.25, 0.3) is 33.1 Å². The van der Waals surface area contributed by atoms with E-state index in [0.717, 1.165) is 52.7 Å². The Morgan fingerprint density at radius 3 is 0.865 bits per heavy atom. The summed E-state index contributed by atoms with van der Waals surface area (Å²) in [4.78, 5) is 91.9. The Hall–Kier alpha value is -10.1. The molecule has 3 atom stereocenters. The van der Waals surface area contributed by atoms with Crippen molar-refractivity contribution in [3.05, 3.63) is 161 Å². The van der Waals surface area contributed by atoms with Gasteiger partial charge in [-0.25, -0.2) is 53.4 Å². The molecule has 9 aliphatic rings. The number of hydrogen-bond donors (Lipinski definition) is 3. The first kappa shape index (κ1) is 74.9. The molecule has 111 heavy (non-hydrogen) atoms. The summed E-state index contributed by atoms with van der Waals surface area (Å²) in [5, 5.41) is 9.78. The third-order valence-corrected chi connectivity index (χ3v) is 27.9. The number of morpholine rings is 3.